The third kappa shape index (κ3) is 3.91. The molecular formula is C23H23ClN2O6. The van der Waals surface area contributed by atoms with E-state index in [2.05, 4.69) is 4.98 Å². The van der Waals surface area contributed by atoms with Crippen molar-refractivity contribution in [3.63, 3.8) is 0 Å². The molecule has 0 bridgehead atoms. The highest BCUT2D eigenvalue weighted by Crippen LogP contribution is 2.43. The molecule has 2 aliphatic heterocycles. The first-order chi connectivity index (χ1) is 15.5. The number of aromatic nitrogens is 1. The van der Waals surface area contributed by atoms with Crippen LogP contribution in [0.25, 0.3) is 5.76 Å². The number of ketones is 1. The first-order valence-electron chi connectivity index (χ1n) is 10.2. The van der Waals surface area contributed by atoms with Gasteiger partial charge in [-0.05, 0) is 30.5 Å². The smallest absolute Gasteiger partial charge is 0.295 e. The summed E-state index contributed by atoms with van der Waals surface area (Å²) < 4.78 is 16.3. The molecule has 0 saturated carbocycles. The van der Waals surface area contributed by atoms with E-state index in [1.165, 1.54) is 31.3 Å². The lowest BCUT2D eigenvalue weighted by atomic mass is 9.95. The Kier molecular flexibility index (Phi) is 6.34. The number of carbonyl (C=O) groups excluding carboxylic acids is 2. The van der Waals surface area contributed by atoms with Crippen molar-refractivity contribution in [2.45, 2.75) is 25.0 Å². The molecule has 3 heterocycles. The summed E-state index contributed by atoms with van der Waals surface area (Å²) in [6.45, 7) is 0.856. The fourth-order valence-electron chi connectivity index (χ4n) is 4.15. The minimum absolute atomic E-state index is 0.0551. The SMILES string of the molecule is COc1cc(OC)c(/C(O)=C2\C(=O)C(=O)N(CC3CCCO3)C2c2cccnc2)cc1Cl. The fraction of sp³-hybridized carbons (Fsp3) is 0.348. The number of benzene rings is 1. The summed E-state index contributed by atoms with van der Waals surface area (Å²) in [7, 11) is 2.88. The molecule has 1 N–H and O–H groups in total. The van der Waals surface area contributed by atoms with E-state index in [-0.39, 0.29) is 40.3 Å². The van der Waals surface area contributed by atoms with Crippen LogP contribution in [0.5, 0.6) is 11.5 Å². The summed E-state index contributed by atoms with van der Waals surface area (Å²) in [5.74, 6) is -1.27. The van der Waals surface area contributed by atoms with Crippen LogP contribution in [0, 0.1) is 0 Å². The van der Waals surface area contributed by atoms with Gasteiger partial charge in [0.15, 0.2) is 0 Å². The number of amides is 1. The largest absolute Gasteiger partial charge is 0.507 e. The van der Waals surface area contributed by atoms with Gasteiger partial charge in [-0.3, -0.25) is 14.6 Å². The van der Waals surface area contributed by atoms with Crippen LogP contribution in [-0.4, -0.2) is 60.2 Å². The number of methoxy groups -OCH3 is 2. The summed E-state index contributed by atoms with van der Waals surface area (Å²) >= 11 is 6.27. The molecule has 1 aromatic heterocycles. The maximum atomic E-state index is 13.1. The second-order valence-corrected chi connectivity index (χ2v) is 7.97. The molecule has 8 nitrogen and oxygen atoms in total. The predicted octanol–water partition coefficient (Wildman–Crippen LogP) is 3.35. The van der Waals surface area contributed by atoms with Crippen LogP contribution in [0.3, 0.4) is 0 Å². The van der Waals surface area contributed by atoms with Crippen molar-refractivity contribution in [3.05, 3.63) is 58.4 Å². The maximum Gasteiger partial charge on any atom is 0.295 e. The molecule has 2 unspecified atom stereocenters. The Labute approximate surface area is 190 Å². The second-order valence-electron chi connectivity index (χ2n) is 7.56. The van der Waals surface area contributed by atoms with E-state index in [0.717, 1.165) is 12.8 Å². The number of pyridine rings is 1. The van der Waals surface area contributed by atoms with Gasteiger partial charge < -0.3 is 24.2 Å². The van der Waals surface area contributed by atoms with E-state index in [4.69, 9.17) is 25.8 Å². The summed E-state index contributed by atoms with van der Waals surface area (Å²) in [6, 6.07) is 5.61. The van der Waals surface area contributed by atoms with Crippen LogP contribution in [0.1, 0.15) is 30.0 Å². The summed E-state index contributed by atoms with van der Waals surface area (Å²) in [6.07, 6.45) is 4.70. The van der Waals surface area contributed by atoms with Crippen molar-refractivity contribution in [2.75, 3.05) is 27.4 Å². The highest BCUT2D eigenvalue weighted by molar-refractivity contribution is 6.46. The minimum atomic E-state index is -0.821. The Bertz CT molecular complexity index is 1070. The Balaban J connectivity index is 1.87. The zero-order valence-corrected chi connectivity index (χ0v) is 18.5. The van der Waals surface area contributed by atoms with Gasteiger partial charge in [0.2, 0.25) is 0 Å². The number of Topliss-reactive ketones (excluding diaryl/α,β-unsaturated/α-hetero) is 1. The zero-order chi connectivity index (χ0) is 22.8. The van der Waals surface area contributed by atoms with Gasteiger partial charge in [-0.25, -0.2) is 0 Å². The molecule has 2 aliphatic rings. The molecule has 168 valence electrons. The first-order valence-corrected chi connectivity index (χ1v) is 10.6. The first kappa shape index (κ1) is 22.1. The zero-order valence-electron chi connectivity index (χ0n) is 17.7. The monoisotopic (exact) mass is 458 g/mol. The normalized spacial score (nSPS) is 22.4. The lowest BCUT2D eigenvalue weighted by Gasteiger charge is -2.27. The van der Waals surface area contributed by atoms with Gasteiger partial charge in [0.05, 0.1) is 42.5 Å². The van der Waals surface area contributed by atoms with E-state index in [9.17, 15) is 14.7 Å². The topological polar surface area (TPSA) is 98.2 Å². The van der Waals surface area contributed by atoms with Crippen LogP contribution in [0.2, 0.25) is 5.02 Å². The van der Waals surface area contributed by atoms with Gasteiger partial charge in [0, 0.05) is 31.6 Å². The van der Waals surface area contributed by atoms with Gasteiger partial charge in [-0.1, -0.05) is 17.7 Å². The molecule has 2 aromatic rings. The third-order valence-electron chi connectivity index (χ3n) is 5.69. The quantitative estimate of drug-likeness (QED) is 0.402. The molecule has 32 heavy (non-hydrogen) atoms. The highest BCUT2D eigenvalue weighted by atomic mass is 35.5. The molecule has 2 fully saturated rings. The number of hydrogen-bond acceptors (Lipinski definition) is 7. The average Bonchev–Trinajstić information content (AvgIpc) is 3.41. The van der Waals surface area contributed by atoms with Crippen molar-refractivity contribution in [1.82, 2.24) is 9.88 Å². The summed E-state index contributed by atoms with van der Waals surface area (Å²) in [4.78, 5) is 31.7. The summed E-state index contributed by atoms with van der Waals surface area (Å²) in [5, 5.41) is 11.5. The molecule has 1 aromatic carbocycles. The van der Waals surface area contributed by atoms with Crippen molar-refractivity contribution in [3.8, 4) is 11.5 Å². The molecular weight excluding hydrogens is 436 g/mol. The lowest BCUT2D eigenvalue weighted by Crippen LogP contribution is -2.36. The highest BCUT2D eigenvalue weighted by Gasteiger charge is 2.47. The number of halogens is 1. The van der Waals surface area contributed by atoms with Gasteiger partial charge in [-0.15, -0.1) is 0 Å². The molecule has 4 rings (SSSR count). The van der Waals surface area contributed by atoms with E-state index in [1.807, 2.05) is 0 Å². The number of rotatable bonds is 6. The second kappa shape index (κ2) is 9.18. The van der Waals surface area contributed by atoms with E-state index < -0.39 is 17.7 Å². The molecule has 9 heteroatoms. The number of likely N-dealkylation sites (tertiary alicyclic amines) is 1. The van der Waals surface area contributed by atoms with Crippen molar-refractivity contribution in [1.29, 1.82) is 0 Å². The van der Waals surface area contributed by atoms with Crippen LogP contribution in [-0.2, 0) is 14.3 Å². The molecule has 0 spiro atoms. The van der Waals surface area contributed by atoms with Crippen molar-refractivity contribution >= 4 is 29.1 Å². The van der Waals surface area contributed by atoms with E-state index in [1.54, 1.807) is 24.5 Å². The summed E-state index contributed by atoms with van der Waals surface area (Å²) in [5.41, 5.74) is 0.729. The molecule has 2 saturated heterocycles. The number of hydrogen-bond donors (Lipinski definition) is 1. The van der Waals surface area contributed by atoms with Crippen molar-refractivity contribution < 1.29 is 28.9 Å². The standard InChI is InChI=1S/C23H23ClN2O6/c1-30-17-10-18(31-2)16(24)9-15(17)21(27)19-20(13-5-3-7-25-11-13)26(23(29)22(19)28)12-14-6-4-8-32-14/h3,5,7,9-11,14,20,27H,4,6,8,12H2,1-2H3/b21-19+. The van der Waals surface area contributed by atoms with Gasteiger partial charge in [0.25, 0.3) is 11.7 Å². The number of ether oxygens (including phenoxy) is 3. The molecule has 0 aliphatic carbocycles. The predicted molar refractivity (Wildman–Crippen MR) is 117 cm³/mol. The third-order valence-corrected chi connectivity index (χ3v) is 5.99. The van der Waals surface area contributed by atoms with Crippen LogP contribution in [0.15, 0.2) is 42.2 Å². The molecule has 0 radical (unpaired) electrons. The maximum absolute atomic E-state index is 13.1. The van der Waals surface area contributed by atoms with Gasteiger partial charge >= 0.3 is 0 Å². The minimum Gasteiger partial charge on any atom is -0.507 e. The molecule has 1 amide bonds. The number of aliphatic hydroxyl groups is 1. The van der Waals surface area contributed by atoms with E-state index in [0.29, 0.717) is 17.9 Å². The van der Waals surface area contributed by atoms with E-state index >= 15 is 0 Å². The molecule has 2 atom stereocenters. The lowest BCUT2D eigenvalue weighted by molar-refractivity contribution is -0.140. The fourth-order valence-corrected chi connectivity index (χ4v) is 4.39. The van der Waals surface area contributed by atoms with Crippen LogP contribution >= 0.6 is 11.6 Å². The van der Waals surface area contributed by atoms with Crippen LogP contribution in [0.4, 0.5) is 0 Å². The number of nitrogens with zero attached hydrogens (tertiary/aromatic N) is 2. The Morgan fingerprint density at radius 3 is 2.69 bits per heavy atom. The average molecular weight is 459 g/mol. The van der Waals surface area contributed by atoms with Crippen LogP contribution < -0.4 is 9.47 Å². The Hall–Kier alpha value is -3.10. The Morgan fingerprint density at radius 1 is 1.28 bits per heavy atom. The number of aliphatic hydroxyl groups excluding tert-OH is 1. The van der Waals surface area contributed by atoms with Gasteiger partial charge in [-0.2, -0.15) is 0 Å². The number of carbonyl (C=O) groups is 2. The van der Waals surface area contributed by atoms with Gasteiger partial charge in [0.1, 0.15) is 17.3 Å². The van der Waals surface area contributed by atoms with Crippen molar-refractivity contribution in [2.24, 2.45) is 0 Å². The Morgan fingerprint density at radius 2 is 2.06 bits per heavy atom.